The van der Waals surface area contributed by atoms with Crippen LogP contribution in [0.15, 0.2) is 24.3 Å². The van der Waals surface area contributed by atoms with Crippen molar-refractivity contribution in [2.75, 3.05) is 13.7 Å². The number of carbonyl (C=O) groups is 2. The molecule has 0 radical (unpaired) electrons. The average molecular weight is 237 g/mol. The summed E-state index contributed by atoms with van der Waals surface area (Å²) < 4.78 is 4.48. The number of carbonyl (C=O) groups excluding carboxylic acids is 2. The molecule has 1 aromatic carbocycles. The van der Waals surface area contributed by atoms with Crippen LogP contribution >= 0.6 is 0 Å². The number of nitrogens with one attached hydrogen (secondary N) is 1. The summed E-state index contributed by atoms with van der Waals surface area (Å²) in [4.78, 5) is 22.4. The van der Waals surface area contributed by atoms with Gasteiger partial charge in [0.15, 0.2) is 0 Å². The molecule has 0 unspecified atom stereocenters. The van der Waals surface area contributed by atoms with Crippen molar-refractivity contribution in [3.63, 3.8) is 0 Å². The molecule has 0 aliphatic carbocycles. The Bertz CT molecular complexity index is 386. The van der Waals surface area contributed by atoms with Crippen molar-refractivity contribution in [3.05, 3.63) is 29.8 Å². The maximum absolute atomic E-state index is 11.6. The highest BCUT2D eigenvalue weighted by Crippen LogP contribution is 2.09. The predicted octanol–water partition coefficient (Wildman–Crippen LogP) is 1.08. The summed E-state index contributed by atoms with van der Waals surface area (Å²) in [5.41, 5.74) is 0.473. The number of benzene rings is 1. The van der Waals surface area contributed by atoms with Crippen LogP contribution in [0.25, 0.3) is 0 Å². The van der Waals surface area contributed by atoms with E-state index in [4.69, 9.17) is 5.11 Å². The molecule has 0 aliphatic heterocycles. The van der Waals surface area contributed by atoms with E-state index < -0.39 is 0 Å². The van der Waals surface area contributed by atoms with Crippen LogP contribution < -0.4 is 5.32 Å². The number of phenolic OH excluding ortho intramolecular Hbond substituents is 1. The third kappa shape index (κ3) is 4.55. The Labute approximate surface area is 99.4 Å². The van der Waals surface area contributed by atoms with Gasteiger partial charge in [-0.2, -0.15) is 0 Å². The number of aromatic hydroxyl groups is 1. The molecule has 0 bridgehead atoms. The van der Waals surface area contributed by atoms with Crippen LogP contribution in [0.5, 0.6) is 5.75 Å². The van der Waals surface area contributed by atoms with Gasteiger partial charge in [0, 0.05) is 18.5 Å². The molecule has 5 nitrogen and oxygen atoms in total. The highest BCUT2D eigenvalue weighted by atomic mass is 16.5. The van der Waals surface area contributed by atoms with Gasteiger partial charge in [0.25, 0.3) is 5.91 Å². The van der Waals surface area contributed by atoms with Gasteiger partial charge in [-0.15, -0.1) is 0 Å². The number of esters is 1. The molecule has 0 spiro atoms. The lowest BCUT2D eigenvalue weighted by molar-refractivity contribution is -0.140. The Balaban J connectivity index is 2.30. The fraction of sp³-hybridized carbons (Fsp3) is 0.333. The van der Waals surface area contributed by atoms with E-state index in [1.165, 1.54) is 31.4 Å². The highest BCUT2D eigenvalue weighted by Gasteiger charge is 2.05. The quantitative estimate of drug-likeness (QED) is 0.593. The van der Waals surface area contributed by atoms with Gasteiger partial charge < -0.3 is 15.2 Å². The number of methoxy groups -OCH3 is 1. The van der Waals surface area contributed by atoms with E-state index >= 15 is 0 Å². The lowest BCUT2D eigenvalue weighted by atomic mass is 10.2. The minimum atomic E-state index is -0.288. The van der Waals surface area contributed by atoms with Gasteiger partial charge in [-0.05, 0) is 30.7 Å². The first-order valence-corrected chi connectivity index (χ1v) is 5.27. The average Bonchev–Trinajstić information content (AvgIpc) is 2.34. The fourth-order valence-corrected chi connectivity index (χ4v) is 1.25. The molecule has 0 saturated heterocycles. The minimum Gasteiger partial charge on any atom is -0.508 e. The van der Waals surface area contributed by atoms with E-state index in [0.717, 1.165) is 0 Å². The first-order chi connectivity index (χ1) is 8.13. The first-order valence-electron chi connectivity index (χ1n) is 5.27. The van der Waals surface area contributed by atoms with Crippen LogP contribution in [0.4, 0.5) is 0 Å². The maximum Gasteiger partial charge on any atom is 0.305 e. The van der Waals surface area contributed by atoms with E-state index in [2.05, 4.69) is 10.1 Å². The standard InChI is InChI=1S/C12H15NO4/c1-17-11(15)3-2-8-13-12(16)9-4-6-10(14)7-5-9/h4-7,14H,2-3,8H2,1H3,(H,13,16). The molecule has 0 fully saturated rings. The second-order valence-corrected chi connectivity index (χ2v) is 3.48. The summed E-state index contributed by atoms with van der Waals surface area (Å²) in [6.07, 6.45) is 0.822. The van der Waals surface area contributed by atoms with E-state index in [9.17, 15) is 9.59 Å². The summed E-state index contributed by atoms with van der Waals surface area (Å²) in [5.74, 6) is -0.397. The summed E-state index contributed by atoms with van der Waals surface area (Å²) in [6.45, 7) is 0.412. The lowest BCUT2D eigenvalue weighted by Gasteiger charge is -2.04. The number of rotatable bonds is 5. The molecular weight excluding hydrogens is 222 g/mol. The monoisotopic (exact) mass is 237 g/mol. The lowest BCUT2D eigenvalue weighted by Crippen LogP contribution is -2.24. The van der Waals surface area contributed by atoms with Crippen LogP contribution in [0.3, 0.4) is 0 Å². The minimum absolute atomic E-state index is 0.118. The Morgan fingerprint density at radius 1 is 1.29 bits per heavy atom. The van der Waals surface area contributed by atoms with Crippen molar-refractivity contribution in [1.82, 2.24) is 5.32 Å². The van der Waals surface area contributed by atoms with Crippen molar-refractivity contribution in [1.29, 1.82) is 0 Å². The number of ether oxygens (including phenoxy) is 1. The van der Waals surface area contributed by atoms with Crippen molar-refractivity contribution in [3.8, 4) is 5.75 Å². The second-order valence-electron chi connectivity index (χ2n) is 3.48. The summed E-state index contributed by atoms with van der Waals surface area (Å²) in [5, 5.41) is 11.7. The Morgan fingerprint density at radius 2 is 1.94 bits per heavy atom. The summed E-state index contributed by atoms with van der Waals surface area (Å²) in [6, 6.07) is 5.96. The molecule has 17 heavy (non-hydrogen) atoms. The van der Waals surface area contributed by atoms with Crippen LogP contribution in [0.2, 0.25) is 0 Å². The third-order valence-electron chi connectivity index (χ3n) is 2.20. The normalized spacial score (nSPS) is 9.71. The van der Waals surface area contributed by atoms with E-state index in [1.807, 2.05) is 0 Å². The largest absolute Gasteiger partial charge is 0.508 e. The molecule has 1 aromatic rings. The Morgan fingerprint density at radius 3 is 2.53 bits per heavy atom. The molecule has 0 aliphatic rings. The second kappa shape index (κ2) is 6.52. The third-order valence-corrected chi connectivity index (χ3v) is 2.20. The van der Waals surface area contributed by atoms with Gasteiger partial charge in [0.1, 0.15) is 5.75 Å². The molecule has 5 heteroatoms. The van der Waals surface area contributed by atoms with E-state index in [0.29, 0.717) is 18.5 Å². The predicted molar refractivity (Wildman–Crippen MR) is 61.7 cm³/mol. The maximum atomic E-state index is 11.6. The topological polar surface area (TPSA) is 75.6 Å². The molecule has 92 valence electrons. The number of hydrogen-bond acceptors (Lipinski definition) is 4. The first kappa shape index (κ1) is 13.0. The highest BCUT2D eigenvalue weighted by molar-refractivity contribution is 5.94. The van der Waals surface area contributed by atoms with Crippen LogP contribution in [-0.4, -0.2) is 30.6 Å². The van der Waals surface area contributed by atoms with Crippen molar-refractivity contribution in [2.45, 2.75) is 12.8 Å². The number of amides is 1. The van der Waals surface area contributed by atoms with Gasteiger partial charge in [-0.3, -0.25) is 9.59 Å². The SMILES string of the molecule is COC(=O)CCCNC(=O)c1ccc(O)cc1. The molecule has 0 saturated carbocycles. The summed E-state index contributed by atoms with van der Waals surface area (Å²) >= 11 is 0. The smallest absolute Gasteiger partial charge is 0.305 e. The molecule has 0 heterocycles. The van der Waals surface area contributed by atoms with Gasteiger partial charge >= 0.3 is 5.97 Å². The van der Waals surface area contributed by atoms with E-state index in [1.54, 1.807) is 0 Å². The summed E-state index contributed by atoms with van der Waals surface area (Å²) in [7, 11) is 1.33. The molecule has 1 rings (SSSR count). The fourth-order valence-electron chi connectivity index (χ4n) is 1.25. The zero-order valence-corrected chi connectivity index (χ0v) is 9.60. The van der Waals surface area contributed by atoms with E-state index in [-0.39, 0.29) is 24.0 Å². The van der Waals surface area contributed by atoms with Gasteiger partial charge in [0.2, 0.25) is 0 Å². The van der Waals surface area contributed by atoms with Gasteiger partial charge in [0.05, 0.1) is 7.11 Å². The molecule has 0 atom stereocenters. The van der Waals surface area contributed by atoms with Crippen LogP contribution in [0.1, 0.15) is 23.2 Å². The molecular formula is C12H15NO4. The van der Waals surface area contributed by atoms with Crippen molar-refractivity contribution >= 4 is 11.9 Å². The van der Waals surface area contributed by atoms with Crippen LogP contribution in [0, 0.1) is 0 Å². The molecule has 1 amide bonds. The molecule has 0 aromatic heterocycles. The van der Waals surface area contributed by atoms with Gasteiger partial charge in [-0.1, -0.05) is 0 Å². The Hall–Kier alpha value is -2.04. The van der Waals surface area contributed by atoms with Crippen molar-refractivity contribution < 1.29 is 19.4 Å². The zero-order valence-electron chi connectivity index (χ0n) is 9.60. The van der Waals surface area contributed by atoms with Crippen molar-refractivity contribution in [2.24, 2.45) is 0 Å². The van der Waals surface area contributed by atoms with Gasteiger partial charge in [-0.25, -0.2) is 0 Å². The zero-order chi connectivity index (χ0) is 12.7. The number of hydrogen-bond donors (Lipinski definition) is 2. The van der Waals surface area contributed by atoms with Crippen LogP contribution in [-0.2, 0) is 9.53 Å². The number of phenols is 1. The molecule has 2 N–H and O–H groups in total. The Kier molecular flexibility index (Phi) is 5.00.